The van der Waals surface area contributed by atoms with Gasteiger partial charge in [-0.05, 0) is 61.3 Å². The molecule has 8 heteroatoms. The SMILES string of the molecule is CC1=CC(CNS(=O)(=O)c2ccc(C#N)cc2)C(C(C)C)CC1CC(=O)N1CCOCC1. The maximum atomic E-state index is 12.8. The number of nitrogens with zero attached hydrogens (tertiary/aromatic N) is 2. The van der Waals surface area contributed by atoms with Crippen LogP contribution in [-0.4, -0.2) is 52.1 Å². The summed E-state index contributed by atoms with van der Waals surface area (Å²) in [6, 6.07) is 7.92. The Morgan fingerprint density at radius 2 is 1.91 bits per heavy atom. The first-order valence-electron chi connectivity index (χ1n) is 11.2. The Labute approximate surface area is 191 Å². The molecule has 32 heavy (non-hydrogen) atoms. The monoisotopic (exact) mass is 459 g/mol. The van der Waals surface area contributed by atoms with Crippen LogP contribution in [0.25, 0.3) is 0 Å². The number of carbonyl (C=O) groups excluding carboxylic acids is 1. The topological polar surface area (TPSA) is 99.5 Å². The Balaban J connectivity index is 1.67. The molecule has 1 aromatic carbocycles. The molecule has 0 bridgehead atoms. The number of allylic oxidation sites excluding steroid dienone is 1. The molecule has 1 N–H and O–H groups in total. The Morgan fingerprint density at radius 3 is 2.50 bits per heavy atom. The van der Waals surface area contributed by atoms with Gasteiger partial charge in [-0.1, -0.05) is 25.5 Å². The predicted octanol–water partition coefficient (Wildman–Crippen LogP) is 2.94. The molecule has 3 atom stereocenters. The zero-order chi connectivity index (χ0) is 23.3. The minimum atomic E-state index is -3.66. The third-order valence-corrected chi connectivity index (χ3v) is 8.11. The fraction of sp³-hybridized carbons (Fsp3) is 0.583. The third-order valence-electron chi connectivity index (χ3n) is 6.67. The highest BCUT2D eigenvalue weighted by atomic mass is 32.2. The maximum Gasteiger partial charge on any atom is 0.240 e. The smallest absolute Gasteiger partial charge is 0.240 e. The fourth-order valence-corrected chi connectivity index (χ4v) is 5.73. The predicted molar refractivity (Wildman–Crippen MR) is 122 cm³/mol. The van der Waals surface area contributed by atoms with Crippen LogP contribution in [0.5, 0.6) is 0 Å². The molecule has 1 aliphatic carbocycles. The number of nitrogens with one attached hydrogen (secondary N) is 1. The summed E-state index contributed by atoms with van der Waals surface area (Å²) >= 11 is 0. The van der Waals surface area contributed by atoms with Gasteiger partial charge in [0.25, 0.3) is 0 Å². The zero-order valence-corrected chi connectivity index (χ0v) is 19.9. The van der Waals surface area contributed by atoms with Gasteiger partial charge in [0.15, 0.2) is 0 Å². The summed E-state index contributed by atoms with van der Waals surface area (Å²) in [5.41, 5.74) is 1.58. The quantitative estimate of drug-likeness (QED) is 0.632. The second kappa shape index (κ2) is 10.6. The summed E-state index contributed by atoms with van der Waals surface area (Å²) < 4.78 is 33.6. The van der Waals surface area contributed by atoms with E-state index in [0.717, 1.165) is 12.0 Å². The van der Waals surface area contributed by atoms with E-state index in [1.807, 2.05) is 11.0 Å². The van der Waals surface area contributed by atoms with E-state index in [1.54, 1.807) is 0 Å². The molecule has 7 nitrogen and oxygen atoms in total. The van der Waals surface area contributed by atoms with Gasteiger partial charge in [0.2, 0.25) is 15.9 Å². The number of rotatable bonds is 7. The molecule has 3 unspecified atom stereocenters. The van der Waals surface area contributed by atoms with Crippen LogP contribution in [0.3, 0.4) is 0 Å². The normalized spacial score (nSPS) is 24.2. The molecule has 1 amide bonds. The third kappa shape index (κ3) is 5.97. The molecule has 0 saturated carbocycles. The number of hydrogen-bond acceptors (Lipinski definition) is 5. The second-order valence-corrected chi connectivity index (χ2v) is 10.9. The van der Waals surface area contributed by atoms with E-state index in [0.29, 0.717) is 50.8 Å². The van der Waals surface area contributed by atoms with E-state index >= 15 is 0 Å². The summed E-state index contributed by atoms with van der Waals surface area (Å²) in [7, 11) is -3.66. The first-order valence-corrected chi connectivity index (χ1v) is 12.7. The Kier molecular flexibility index (Phi) is 8.10. The van der Waals surface area contributed by atoms with Gasteiger partial charge in [0.05, 0.1) is 29.7 Å². The number of hydrogen-bond donors (Lipinski definition) is 1. The van der Waals surface area contributed by atoms with Crippen LogP contribution < -0.4 is 4.72 Å². The lowest BCUT2D eigenvalue weighted by Gasteiger charge is -2.38. The van der Waals surface area contributed by atoms with Crippen molar-refractivity contribution in [2.45, 2.75) is 38.5 Å². The molecule has 1 heterocycles. The van der Waals surface area contributed by atoms with E-state index in [4.69, 9.17) is 10.00 Å². The van der Waals surface area contributed by atoms with Gasteiger partial charge in [0, 0.05) is 26.1 Å². The highest BCUT2D eigenvalue weighted by Gasteiger charge is 2.34. The van der Waals surface area contributed by atoms with Crippen molar-refractivity contribution in [2.24, 2.45) is 23.7 Å². The summed E-state index contributed by atoms with van der Waals surface area (Å²) in [5, 5.41) is 8.91. The van der Waals surface area contributed by atoms with E-state index in [1.165, 1.54) is 24.3 Å². The van der Waals surface area contributed by atoms with E-state index < -0.39 is 10.0 Å². The lowest BCUT2D eigenvalue weighted by Crippen LogP contribution is -2.42. The minimum Gasteiger partial charge on any atom is -0.378 e. The lowest BCUT2D eigenvalue weighted by molar-refractivity contribution is -0.136. The van der Waals surface area contributed by atoms with Gasteiger partial charge in [-0.3, -0.25) is 4.79 Å². The van der Waals surface area contributed by atoms with Crippen molar-refractivity contribution in [2.75, 3.05) is 32.8 Å². The molecule has 3 rings (SSSR count). The summed E-state index contributed by atoms with van der Waals surface area (Å²) in [6.45, 7) is 9.18. The highest BCUT2D eigenvalue weighted by Crippen LogP contribution is 2.39. The second-order valence-electron chi connectivity index (χ2n) is 9.10. The van der Waals surface area contributed by atoms with Crippen LogP contribution in [0, 0.1) is 35.0 Å². The van der Waals surface area contributed by atoms with Gasteiger partial charge in [-0.25, -0.2) is 13.1 Å². The number of carbonyl (C=O) groups is 1. The molecule has 0 radical (unpaired) electrons. The molecule has 174 valence electrons. The van der Waals surface area contributed by atoms with Gasteiger partial charge in [-0.2, -0.15) is 5.26 Å². The average molecular weight is 460 g/mol. The molecular formula is C24H33N3O4S. The van der Waals surface area contributed by atoms with Crippen LogP contribution in [0.2, 0.25) is 0 Å². The summed E-state index contributed by atoms with van der Waals surface area (Å²) in [6.07, 6.45) is 3.53. The van der Waals surface area contributed by atoms with Gasteiger partial charge in [0.1, 0.15) is 0 Å². The Morgan fingerprint density at radius 1 is 1.25 bits per heavy atom. The molecule has 1 aromatic rings. The zero-order valence-electron chi connectivity index (χ0n) is 19.1. The molecule has 2 aliphatic rings. The largest absolute Gasteiger partial charge is 0.378 e. The first kappa shape index (κ1) is 24.4. The maximum absolute atomic E-state index is 12.8. The van der Waals surface area contributed by atoms with E-state index in [2.05, 4.69) is 31.6 Å². The van der Waals surface area contributed by atoms with Crippen LogP contribution in [0.15, 0.2) is 40.8 Å². The molecule has 1 fully saturated rings. The number of amides is 1. The summed E-state index contributed by atoms with van der Waals surface area (Å²) in [5.74, 6) is 1.07. The van der Waals surface area contributed by atoms with Gasteiger partial charge in [-0.15, -0.1) is 0 Å². The van der Waals surface area contributed by atoms with Crippen molar-refractivity contribution >= 4 is 15.9 Å². The van der Waals surface area contributed by atoms with Crippen molar-refractivity contribution in [1.82, 2.24) is 9.62 Å². The molecule has 1 saturated heterocycles. The fourth-order valence-electron chi connectivity index (χ4n) is 4.66. The number of ether oxygens (including phenoxy) is 1. The van der Waals surface area contributed by atoms with E-state index in [-0.39, 0.29) is 28.6 Å². The average Bonchev–Trinajstić information content (AvgIpc) is 2.79. The van der Waals surface area contributed by atoms with Crippen molar-refractivity contribution in [3.63, 3.8) is 0 Å². The minimum absolute atomic E-state index is 0.0675. The van der Waals surface area contributed by atoms with Crippen molar-refractivity contribution in [1.29, 1.82) is 5.26 Å². The molecule has 1 aliphatic heterocycles. The van der Waals surface area contributed by atoms with E-state index in [9.17, 15) is 13.2 Å². The van der Waals surface area contributed by atoms with Crippen LogP contribution in [-0.2, 0) is 19.6 Å². The van der Waals surface area contributed by atoms with Crippen molar-refractivity contribution < 1.29 is 17.9 Å². The van der Waals surface area contributed by atoms with Crippen LogP contribution in [0.4, 0.5) is 0 Å². The van der Waals surface area contributed by atoms with Crippen molar-refractivity contribution in [3.05, 3.63) is 41.5 Å². The summed E-state index contributed by atoms with van der Waals surface area (Å²) in [4.78, 5) is 14.8. The van der Waals surface area contributed by atoms with Crippen LogP contribution in [0.1, 0.15) is 39.2 Å². The first-order chi connectivity index (χ1) is 15.2. The highest BCUT2D eigenvalue weighted by molar-refractivity contribution is 7.89. The van der Waals surface area contributed by atoms with Crippen molar-refractivity contribution in [3.8, 4) is 6.07 Å². The van der Waals surface area contributed by atoms with Gasteiger partial charge < -0.3 is 9.64 Å². The lowest BCUT2D eigenvalue weighted by atomic mass is 9.70. The molecular weight excluding hydrogens is 426 g/mol. The number of benzene rings is 1. The number of morpholine rings is 1. The molecule has 0 aromatic heterocycles. The standard InChI is InChI=1S/C24H33N3O4S/c1-17(2)23-13-20(14-24(28)27-8-10-31-11-9-27)18(3)12-21(23)16-26-32(29,30)22-6-4-19(15-25)5-7-22/h4-7,12,17,20-21,23,26H,8-11,13-14,16H2,1-3H3. The number of sulfonamides is 1. The van der Waals surface area contributed by atoms with Gasteiger partial charge >= 0.3 is 0 Å². The molecule has 0 spiro atoms. The Bertz CT molecular complexity index is 973. The number of nitriles is 1. The van der Waals surface area contributed by atoms with Crippen LogP contribution >= 0.6 is 0 Å². The Hall–Kier alpha value is -2.21.